The van der Waals surface area contributed by atoms with E-state index >= 15 is 0 Å². The maximum atomic E-state index is 12.8. The fraction of sp³-hybridized carbons (Fsp3) is 0.143. The Bertz CT molecular complexity index is 257. The fourth-order valence-electron chi connectivity index (χ4n) is 0.756. The molecule has 0 saturated carbocycles. The molecule has 0 unspecified atom stereocenters. The van der Waals surface area contributed by atoms with E-state index in [1.807, 2.05) is 0 Å². The second kappa shape index (κ2) is 4.79. The third kappa shape index (κ3) is 2.25. The van der Waals surface area contributed by atoms with Gasteiger partial charge in [0.25, 0.3) is 0 Å². The van der Waals surface area contributed by atoms with Gasteiger partial charge in [-0.05, 0) is 12.1 Å². The summed E-state index contributed by atoms with van der Waals surface area (Å²) in [5, 5.41) is 0. The van der Waals surface area contributed by atoms with Gasteiger partial charge in [-0.2, -0.15) is 0 Å². The van der Waals surface area contributed by atoms with Crippen LogP contribution in [0.1, 0.15) is 0 Å². The highest BCUT2D eigenvalue weighted by Gasteiger charge is 2.00. The van der Waals surface area contributed by atoms with Gasteiger partial charge in [0.2, 0.25) is 0 Å². The van der Waals surface area contributed by atoms with E-state index in [9.17, 15) is 4.39 Å². The average molecular weight is 193 g/mol. The molecular weight excluding hydrogens is 183 g/mol. The molecule has 0 aliphatic heterocycles. The number of hydrogen-bond donors (Lipinski definition) is 2. The van der Waals surface area contributed by atoms with Crippen molar-refractivity contribution < 1.29 is 9.13 Å². The zero-order chi connectivity index (χ0) is 8.27. The quantitative estimate of drug-likeness (QED) is 0.552. The lowest BCUT2D eigenvalue weighted by Gasteiger charge is -2.03. The van der Waals surface area contributed by atoms with E-state index in [0.717, 1.165) is 0 Å². The van der Waals surface area contributed by atoms with Crippen molar-refractivity contribution in [1.82, 2.24) is 0 Å². The zero-order valence-corrected chi connectivity index (χ0v) is 7.32. The molecule has 5 heteroatoms. The summed E-state index contributed by atoms with van der Waals surface area (Å²) < 4.78 is 17.5. The van der Waals surface area contributed by atoms with Gasteiger partial charge in [-0.3, -0.25) is 5.84 Å². The number of rotatable bonds is 2. The molecule has 3 N–H and O–H groups in total. The number of nitrogen functional groups attached to an aromatic ring is 1. The van der Waals surface area contributed by atoms with Crippen LogP contribution in [0.3, 0.4) is 0 Å². The minimum atomic E-state index is -0.428. The highest BCUT2D eigenvalue weighted by molar-refractivity contribution is 5.85. The van der Waals surface area contributed by atoms with Gasteiger partial charge in [0.15, 0.2) is 11.6 Å². The van der Waals surface area contributed by atoms with Gasteiger partial charge in [-0.25, -0.2) is 4.39 Å². The number of hydrazine groups is 1. The Labute approximate surface area is 76.1 Å². The minimum Gasteiger partial charge on any atom is -0.494 e. The van der Waals surface area contributed by atoms with Crippen LogP contribution < -0.4 is 16.0 Å². The van der Waals surface area contributed by atoms with Crippen molar-refractivity contribution in [2.45, 2.75) is 0 Å². The van der Waals surface area contributed by atoms with Gasteiger partial charge in [0.05, 0.1) is 12.8 Å². The van der Waals surface area contributed by atoms with Gasteiger partial charge in [-0.1, -0.05) is 0 Å². The lowest BCUT2D eigenvalue weighted by Crippen LogP contribution is -2.06. The van der Waals surface area contributed by atoms with Crippen molar-refractivity contribution in [3.63, 3.8) is 0 Å². The van der Waals surface area contributed by atoms with E-state index in [2.05, 4.69) is 5.43 Å². The average Bonchev–Trinajstić information content (AvgIpc) is 2.04. The van der Waals surface area contributed by atoms with Crippen molar-refractivity contribution in [2.24, 2.45) is 5.84 Å². The van der Waals surface area contributed by atoms with Crippen LogP contribution in [0.25, 0.3) is 0 Å². The Morgan fingerprint density at radius 1 is 1.50 bits per heavy atom. The summed E-state index contributed by atoms with van der Waals surface area (Å²) in [6.45, 7) is 0. The van der Waals surface area contributed by atoms with Crippen molar-refractivity contribution in [3.8, 4) is 5.75 Å². The molecule has 0 radical (unpaired) electrons. The van der Waals surface area contributed by atoms with E-state index in [1.165, 1.54) is 19.2 Å². The summed E-state index contributed by atoms with van der Waals surface area (Å²) in [7, 11) is 1.41. The number of nitrogens with one attached hydrogen (secondary N) is 1. The molecule has 0 aliphatic rings. The normalized spacial score (nSPS) is 8.58. The predicted octanol–water partition coefficient (Wildman–Crippen LogP) is 1.54. The van der Waals surface area contributed by atoms with Crippen LogP contribution >= 0.6 is 12.4 Å². The van der Waals surface area contributed by atoms with Gasteiger partial charge in [0.1, 0.15) is 0 Å². The van der Waals surface area contributed by atoms with Crippen LogP contribution in [0.15, 0.2) is 18.2 Å². The van der Waals surface area contributed by atoms with Gasteiger partial charge in [0, 0.05) is 6.07 Å². The smallest absolute Gasteiger partial charge is 0.167 e. The summed E-state index contributed by atoms with van der Waals surface area (Å²) in [5.41, 5.74) is 2.84. The number of anilines is 1. The third-order valence-electron chi connectivity index (χ3n) is 1.32. The molecule has 0 heterocycles. The summed E-state index contributed by atoms with van der Waals surface area (Å²) in [6, 6.07) is 4.39. The third-order valence-corrected chi connectivity index (χ3v) is 1.32. The van der Waals surface area contributed by atoms with E-state index in [1.54, 1.807) is 6.07 Å². The van der Waals surface area contributed by atoms with Crippen LogP contribution in [-0.4, -0.2) is 7.11 Å². The Hall–Kier alpha value is -1.00. The zero-order valence-electron chi connectivity index (χ0n) is 6.50. The predicted molar refractivity (Wildman–Crippen MR) is 48.0 cm³/mol. The Balaban J connectivity index is 0.00000121. The number of hydrogen-bond acceptors (Lipinski definition) is 3. The molecule has 12 heavy (non-hydrogen) atoms. The summed E-state index contributed by atoms with van der Waals surface area (Å²) in [6.07, 6.45) is 0. The lowest BCUT2D eigenvalue weighted by molar-refractivity contribution is 0.386. The molecule has 0 fully saturated rings. The van der Waals surface area contributed by atoms with Crippen molar-refractivity contribution >= 4 is 18.1 Å². The molecule has 0 aliphatic carbocycles. The van der Waals surface area contributed by atoms with Gasteiger partial charge >= 0.3 is 0 Å². The summed E-state index contributed by atoms with van der Waals surface area (Å²) >= 11 is 0. The van der Waals surface area contributed by atoms with Gasteiger partial charge in [-0.15, -0.1) is 12.4 Å². The first-order chi connectivity index (χ1) is 5.27. The standard InChI is InChI=1S/C7H9FN2O.ClH/c1-11-7-3-2-5(10-9)4-6(7)8;/h2-4,10H,9H2,1H3;1H. The molecular formula is C7H10ClFN2O. The maximum absolute atomic E-state index is 12.8. The number of methoxy groups -OCH3 is 1. The Morgan fingerprint density at radius 2 is 2.17 bits per heavy atom. The molecule has 0 atom stereocenters. The van der Waals surface area contributed by atoms with Crippen molar-refractivity contribution in [2.75, 3.05) is 12.5 Å². The molecule has 1 aromatic carbocycles. The topological polar surface area (TPSA) is 47.3 Å². The molecule has 0 aromatic heterocycles. The Kier molecular flexibility index (Phi) is 4.39. The van der Waals surface area contributed by atoms with Crippen LogP contribution in [0, 0.1) is 5.82 Å². The molecule has 0 spiro atoms. The Morgan fingerprint density at radius 3 is 2.58 bits per heavy atom. The highest BCUT2D eigenvalue weighted by Crippen LogP contribution is 2.19. The van der Waals surface area contributed by atoms with E-state index in [0.29, 0.717) is 5.69 Å². The monoisotopic (exact) mass is 192 g/mol. The first-order valence-corrected chi connectivity index (χ1v) is 3.08. The number of benzene rings is 1. The van der Waals surface area contributed by atoms with Crippen LogP contribution in [0.2, 0.25) is 0 Å². The summed E-state index contributed by atoms with van der Waals surface area (Å²) in [5.74, 6) is 4.84. The van der Waals surface area contributed by atoms with Gasteiger partial charge < -0.3 is 10.2 Å². The fourth-order valence-corrected chi connectivity index (χ4v) is 0.756. The van der Waals surface area contributed by atoms with Crippen molar-refractivity contribution in [3.05, 3.63) is 24.0 Å². The second-order valence-corrected chi connectivity index (χ2v) is 1.99. The summed E-state index contributed by atoms with van der Waals surface area (Å²) in [4.78, 5) is 0. The molecule has 0 bridgehead atoms. The molecule has 0 amide bonds. The lowest BCUT2D eigenvalue weighted by atomic mass is 10.3. The first-order valence-electron chi connectivity index (χ1n) is 3.08. The second-order valence-electron chi connectivity index (χ2n) is 1.99. The van der Waals surface area contributed by atoms with E-state index in [-0.39, 0.29) is 18.2 Å². The van der Waals surface area contributed by atoms with Crippen LogP contribution in [0.4, 0.5) is 10.1 Å². The highest BCUT2D eigenvalue weighted by atomic mass is 35.5. The number of halogens is 2. The number of nitrogens with two attached hydrogens (primary N) is 1. The van der Waals surface area contributed by atoms with E-state index in [4.69, 9.17) is 10.6 Å². The number of ether oxygens (including phenoxy) is 1. The van der Waals surface area contributed by atoms with E-state index < -0.39 is 5.82 Å². The maximum Gasteiger partial charge on any atom is 0.167 e. The molecule has 1 rings (SSSR count). The molecule has 3 nitrogen and oxygen atoms in total. The minimum absolute atomic E-state index is 0. The first kappa shape index (κ1) is 11.0. The largest absolute Gasteiger partial charge is 0.494 e. The molecule has 1 aromatic rings. The van der Waals surface area contributed by atoms with Crippen LogP contribution in [-0.2, 0) is 0 Å². The molecule has 0 saturated heterocycles. The van der Waals surface area contributed by atoms with Crippen molar-refractivity contribution in [1.29, 1.82) is 0 Å². The van der Waals surface area contributed by atoms with Crippen LogP contribution in [0.5, 0.6) is 5.75 Å². The SMILES string of the molecule is COc1ccc(NN)cc1F.Cl. The molecule has 68 valence electrons.